The Morgan fingerprint density at radius 2 is 2.13 bits per heavy atom. The second-order valence-corrected chi connectivity index (χ2v) is 6.47. The molecule has 5 nitrogen and oxygen atoms in total. The molecule has 128 valence electrons. The molecule has 0 bridgehead atoms. The summed E-state index contributed by atoms with van der Waals surface area (Å²) in [4.78, 5) is 12.5. The number of carbonyl (C=O) groups excluding carboxylic acids is 1. The first-order valence-electron chi connectivity index (χ1n) is 8.31. The van der Waals surface area contributed by atoms with E-state index in [9.17, 15) is 4.79 Å². The number of nitrogens with two attached hydrogens (primary N) is 1. The van der Waals surface area contributed by atoms with Crippen molar-refractivity contribution in [3.8, 4) is 5.75 Å². The molecule has 1 aliphatic rings. The maximum absolute atomic E-state index is 12.5. The molecule has 0 saturated heterocycles. The number of hydrogen-bond acceptors (Lipinski definition) is 4. The van der Waals surface area contributed by atoms with E-state index in [0.717, 1.165) is 37.0 Å². The Hall–Kier alpha value is -1.59. The van der Waals surface area contributed by atoms with Crippen molar-refractivity contribution >= 4 is 5.91 Å². The minimum absolute atomic E-state index is 0.0430. The lowest BCUT2D eigenvalue weighted by Crippen LogP contribution is -2.52. The van der Waals surface area contributed by atoms with Gasteiger partial charge in [-0.05, 0) is 25.8 Å². The average molecular weight is 320 g/mol. The van der Waals surface area contributed by atoms with Gasteiger partial charge in [0.15, 0.2) is 0 Å². The van der Waals surface area contributed by atoms with Crippen molar-refractivity contribution < 1.29 is 14.3 Å². The summed E-state index contributed by atoms with van der Waals surface area (Å²) < 4.78 is 10.7. The summed E-state index contributed by atoms with van der Waals surface area (Å²) in [5.41, 5.74) is 6.86. The molecule has 3 N–H and O–H groups in total. The van der Waals surface area contributed by atoms with E-state index in [4.69, 9.17) is 15.2 Å². The second-order valence-electron chi connectivity index (χ2n) is 6.47. The normalized spacial score (nSPS) is 24.2. The number of ether oxygens (including phenoxy) is 2. The summed E-state index contributed by atoms with van der Waals surface area (Å²) in [6.45, 7) is 3.46. The van der Waals surface area contributed by atoms with Gasteiger partial charge in [0.05, 0.1) is 12.5 Å². The van der Waals surface area contributed by atoms with Gasteiger partial charge in [-0.25, -0.2) is 0 Å². The van der Waals surface area contributed by atoms with E-state index in [1.165, 1.54) is 0 Å². The van der Waals surface area contributed by atoms with Gasteiger partial charge in [0, 0.05) is 24.8 Å². The van der Waals surface area contributed by atoms with Crippen LogP contribution in [0.25, 0.3) is 0 Å². The lowest BCUT2D eigenvalue weighted by Gasteiger charge is -2.37. The van der Waals surface area contributed by atoms with E-state index in [1.54, 1.807) is 7.11 Å². The van der Waals surface area contributed by atoms with E-state index in [0.29, 0.717) is 19.8 Å². The predicted molar refractivity (Wildman–Crippen MR) is 90.2 cm³/mol. The Balaban J connectivity index is 1.93. The number of nitrogens with one attached hydrogen (secondary N) is 1. The van der Waals surface area contributed by atoms with Gasteiger partial charge in [-0.2, -0.15) is 0 Å². The van der Waals surface area contributed by atoms with Gasteiger partial charge in [-0.3, -0.25) is 4.79 Å². The van der Waals surface area contributed by atoms with Crippen LogP contribution in [0.5, 0.6) is 5.75 Å². The molecule has 0 radical (unpaired) electrons. The molecule has 0 aliphatic heterocycles. The van der Waals surface area contributed by atoms with E-state index >= 15 is 0 Å². The van der Waals surface area contributed by atoms with Gasteiger partial charge in [0.1, 0.15) is 12.4 Å². The molecule has 1 aliphatic carbocycles. The van der Waals surface area contributed by atoms with Crippen LogP contribution in [-0.4, -0.2) is 31.8 Å². The highest BCUT2D eigenvalue weighted by Gasteiger charge is 2.37. The number of carbonyl (C=O) groups is 1. The lowest BCUT2D eigenvalue weighted by atomic mass is 9.74. The van der Waals surface area contributed by atoms with Crippen molar-refractivity contribution in [2.75, 3.05) is 20.3 Å². The third kappa shape index (κ3) is 4.94. The second kappa shape index (κ2) is 8.31. The van der Waals surface area contributed by atoms with Crippen molar-refractivity contribution in [3.05, 3.63) is 29.8 Å². The van der Waals surface area contributed by atoms with Crippen molar-refractivity contribution in [2.24, 2.45) is 11.7 Å². The number of para-hydroxylation sites is 1. The van der Waals surface area contributed by atoms with Gasteiger partial charge < -0.3 is 20.5 Å². The third-order valence-electron chi connectivity index (χ3n) is 4.54. The first-order valence-corrected chi connectivity index (χ1v) is 8.31. The molecule has 1 saturated carbocycles. The van der Waals surface area contributed by atoms with Crippen molar-refractivity contribution in [2.45, 2.75) is 44.7 Å². The fraction of sp³-hybridized carbons (Fsp3) is 0.611. The quantitative estimate of drug-likeness (QED) is 0.756. The maximum Gasteiger partial charge on any atom is 0.225 e. The smallest absolute Gasteiger partial charge is 0.225 e. The molecule has 1 amide bonds. The summed E-state index contributed by atoms with van der Waals surface area (Å²) in [6, 6.07) is 7.74. The van der Waals surface area contributed by atoms with Crippen molar-refractivity contribution in [1.29, 1.82) is 0 Å². The van der Waals surface area contributed by atoms with Crippen LogP contribution in [0.15, 0.2) is 24.3 Å². The van der Waals surface area contributed by atoms with Crippen LogP contribution in [0.4, 0.5) is 0 Å². The highest BCUT2D eigenvalue weighted by Crippen LogP contribution is 2.31. The predicted octanol–water partition coefficient (Wildman–Crippen LogP) is 2.24. The Labute approximate surface area is 138 Å². The molecule has 5 heteroatoms. The minimum atomic E-state index is -0.406. The zero-order valence-corrected chi connectivity index (χ0v) is 14.1. The molecule has 1 fully saturated rings. The Morgan fingerprint density at radius 3 is 2.87 bits per heavy atom. The zero-order chi connectivity index (χ0) is 16.7. The molecular weight excluding hydrogens is 292 g/mol. The zero-order valence-electron chi connectivity index (χ0n) is 14.1. The number of hydrogen-bond donors (Lipinski definition) is 2. The van der Waals surface area contributed by atoms with Gasteiger partial charge in [0.25, 0.3) is 0 Å². The van der Waals surface area contributed by atoms with Crippen LogP contribution in [0.3, 0.4) is 0 Å². The highest BCUT2D eigenvalue weighted by atomic mass is 16.5. The van der Waals surface area contributed by atoms with E-state index < -0.39 is 5.54 Å². The van der Waals surface area contributed by atoms with Crippen LogP contribution in [0.1, 0.15) is 38.2 Å². The van der Waals surface area contributed by atoms with Gasteiger partial charge in [0.2, 0.25) is 5.91 Å². The van der Waals surface area contributed by atoms with E-state index in [2.05, 4.69) is 5.32 Å². The largest absolute Gasteiger partial charge is 0.491 e. The summed E-state index contributed by atoms with van der Waals surface area (Å²) in [7, 11) is 1.64. The number of rotatable bonds is 7. The molecular formula is C18H28N2O3. The molecule has 2 atom stereocenters. The molecule has 0 heterocycles. The Kier molecular flexibility index (Phi) is 6.42. The molecule has 2 unspecified atom stereocenters. The third-order valence-corrected chi connectivity index (χ3v) is 4.54. The lowest BCUT2D eigenvalue weighted by molar-refractivity contribution is -0.128. The summed E-state index contributed by atoms with van der Waals surface area (Å²) in [5, 5.41) is 3.02. The molecule has 0 aromatic heterocycles. The molecule has 1 aromatic rings. The fourth-order valence-electron chi connectivity index (χ4n) is 3.12. The fourth-order valence-corrected chi connectivity index (χ4v) is 3.12. The monoisotopic (exact) mass is 320 g/mol. The van der Waals surface area contributed by atoms with Crippen LogP contribution >= 0.6 is 0 Å². The first-order chi connectivity index (χ1) is 11.0. The Morgan fingerprint density at radius 1 is 1.35 bits per heavy atom. The van der Waals surface area contributed by atoms with Crippen LogP contribution in [-0.2, 0) is 16.1 Å². The van der Waals surface area contributed by atoms with Gasteiger partial charge in [-0.1, -0.05) is 31.0 Å². The summed E-state index contributed by atoms with van der Waals surface area (Å²) >= 11 is 0. The molecule has 0 spiro atoms. The topological polar surface area (TPSA) is 73.6 Å². The SMILES string of the molecule is COCCOc1ccccc1CNC(=O)C1CCCCC1(C)N. The van der Waals surface area contributed by atoms with Crippen LogP contribution < -0.4 is 15.8 Å². The number of amides is 1. The summed E-state index contributed by atoms with van der Waals surface area (Å²) in [6.07, 6.45) is 3.95. The molecule has 23 heavy (non-hydrogen) atoms. The number of methoxy groups -OCH3 is 1. The molecule has 2 rings (SSSR count). The van der Waals surface area contributed by atoms with Crippen LogP contribution in [0.2, 0.25) is 0 Å². The van der Waals surface area contributed by atoms with Crippen LogP contribution in [0, 0.1) is 5.92 Å². The summed E-state index contributed by atoms with van der Waals surface area (Å²) in [5.74, 6) is 0.711. The van der Waals surface area contributed by atoms with Crippen molar-refractivity contribution in [1.82, 2.24) is 5.32 Å². The van der Waals surface area contributed by atoms with Crippen molar-refractivity contribution in [3.63, 3.8) is 0 Å². The maximum atomic E-state index is 12.5. The van der Waals surface area contributed by atoms with Gasteiger partial charge >= 0.3 is 0 Å². The first kappa shape index (κ1) is 17.8. The Bertz CT molecular complexity index is 517. The van der Waals surface area contributed by atoms with E-state index in [-0.39, 0.29) is 11.8 Å². The number of benzene rings is 1. The van der Waals surface area contributed by atoms with Gasteiger partial charge in [-0.15, -0.1) is 0 Å². The average Bonchev–Trinajstić information content (AvgIpc) is 2.53. The minimum Gasteiger partial charge on any atom is -0.491 e. The molecule has 1 aromatic carbocycles. The highest BCUT2D eigenvalue weighted by molar-refractivity contribution is 5.80. The van der Waals surface area contributed by atoms with E-state index in [1.807, 2.05) is 31.2 Å². The standard InChI is InChI=1S/C18H28N2O3/c1-18(19)10-6-5-8-15(18)17(21)20-13-14-7-3-4-9-16(14)23-12-11-22-2/h3-4,7,9,15H,5-6,8,10-13,19H2,1-2H3,(H,20,21).